The van der Waals surface area contributed by atoms with Gasteiger partial charge in [-0.1, -0.05) is 6.92 Å². The number of aliphatic hydroxyl groups is 2. The first-order valence-corrected chi connectivity index (χ1v) is 11.6. The van der Waals surface area contributed by atoms with Crippen LogP contribution < -0.4 is 9.46 Å². The molecule has 0 aromatic heterocycles. The summed E-state index contributed by atoms with van der Waals surface area (Å²) < 4.78 is 48.2. The molecule has 1 saturated heterocycles. The largest absolute Gasteiger partial charge is 0.462 e. The van der Waals surface area contributed by atoms with Crippen LogP contribution in [-0.2, 0) is 19.3 Å². The second kappa shape index (κ2) is 8.97. The molecule has 0 saturated carbocycles. The highest BCUT2D eigenvalue weighted by Gasteiger charge is 2.38. The molecule has 0 radical (unpaired) electrons. The summed E-state index contributed by atoms with van der Waals surface area (Å²) >= 11 is 0. The molecule has 5 N–H and O–H groups in total. The van der Waals surface area contributed by atoms with E-state index in [0.29, 0.717) is 0 Å². The van der Waals surface area contributed by atoms with Crippen molar-refractivity contribution in [2.75, 3.05) is 12.7 Å². The summed E-state index contributed by atoms with van der Waals surface area (Å²) in [6, 6.07) is 5.41. The number of rotatable bonds is 8. The van der Waals surface area contributed by atoms with Crippen LogP contribution in [0.2, 0.25) is 0 Å². The monoisotopic (exact) mass is 425 g/mol. The standard InChI is InChI=1S/C15H24NO9PS/c1-2-16-27(22,23)12-5-3-10(4-6-12)24-15-14(18)13(17)9-11(25-15)7-8-26(19,20)21/h3-6,11,13-18H,2,7-9H2,1H3,(H2,19,20,21)/t11-,13+,14+,15+/m1/s1. The second-order valence-corrected chi connectivity index (χ2v) is 9.73. The first-order valence-electron chi connectivity index (χ1n) is 8.34. The molecule has 0 aliphatic carbocycles. The van der Waals surface area contributed by atoms with Gasteiger partial charge in [0.2, 0.25) is 16.3 Å². The van der Waals surface area contributed by atoms with Crippen LogP contribution >= 0.6 is 7.60 Å². The first kappa shape index (κ1) is 22.3. The third-order valence-corrected chi connectivity index (χ3v) is 6.37. The summed E-state index contributed by atoms with van der Waals surface area (Å²) in [4.78, 5) is 18.0. The molecule has 1 fully saturated rings. The Balaban J connectivity index is 2.04. The Morgan fingerprint density at radius 1 is 1.26 bits per heavy atom. The molecular weight excluding hydrogens is 401 g/mol. The summed E-state index contributed by atoms with van der Waals surface area (Å²) in [5.41, 5.74) is 0. The average Bonchev–Trinajstić information content (AvgIpc) is 2.57. The molecular formula is C15H24NO9PS. The molecule has 0 bridgehead atoms. The van der Waals surface area contributed by atoms with E-state index < -0.39 is 48.4 Å². The molecule has 4 atom stereocenters. The molecule has 12 heteroatoms. The van der Waals surface area contributed by atoms with E-state index in [1.54, 1.807) is 6.92 Å². The van der Waals surface area contributed by atoms with Gasteiger partial charge in [-0.15, -0.1) is 0 Å². The fraction of sp³-hybridized carbons (Fsp3) is 0.600. The molecule has 0 amide bonds. The van der Waals surface area contributed by atoms with E-state index in [9.17, 15) is 23.2 Å². The Labute approximate surface area is 157 Å². The lowest BCUT2D eigenvalue weighted by Crippen LogP contribution is -2.51. The number of ether oxygens (including phenoxy) is 2. The number of aliphatic hydroxyl groups excluding tert-OH is 2. The minimum absolute atomic E-state index is 0.00616. The molecule has 1 heterocycles. The van der Waals surface area contributed by atoms with Crippen molar-refractivity contribution in [2.45, 2.75) is 49.3 Å². The summed E-state index contributed by atoms with van der Waals surface area (Å²) in [7, 11) is -7.82. The Bertz CT molecular complexity index is 764. The van der Waals surface area contributed by atoms with Crippen molar-refractivity contribution in [2.24, 2.45) is 0 Å². The van der Waals surface area contributed by atoms with E-state index in [1.807, 2.05) is 0 Å². The van der Waals surface area contributed by atoms with Crippen molar-refractivity contribution in [3.8, 4) is 5.75 Å². The van der Waals surface area contributed by atoms with Gasteiger partial charge >= 0.3 is 7.60 Å². The minimum atomic E-state index is -4.21. The Hall–Kier alpha value is -1.04. The predicted molar refractivity (Wildman–Crippen MR) is 94.8 cm³/mol. The third kappa shape index (κ3) is 6.51. The molecule has 0 spiro atoms. The van der Waals surface area contributed by atoms with E-state index in [2.05, 4.69) is 4.72 Å². The number of benzene rings is 1. The average molecular weight is 425 g/mol. The highest BCUT2D eigenvalue weighted by molar-refractivity contribution is 7.89. The zero-order valence-electron chi connectivity index (χ0n) is 14.6. The van der Waals surface area contributed by atoms with Crippen molar-refractivity contribution in [1.82, 2.24) is 4.72 Å². The Kier molecular flexibility index (Phi) is 7.40. The molecule has 10 nitrogen and oxygen atoms in total. The van der Waals surface area contributed by atoms with Gasteiger partial charge in [0.25, 0.3) is 0 Å². The zero-order valence-corrected chi connectivity index (χ0v) is 16.3. The van der Waals surface area contributed by atoms with E-state index in [0.717, 1.165) is 0 Å². The SMILES string of the molecule is CCNS(=O)(=O)c1ccc(O[C@H]2O[C@H](CCP(=O)(O)O)C[C@H](O)[C@@H]2O)cc1. The Morgan fingerprint density at radius 3 is 2.44 bits per heavy atom. The van der Waals surface area contributed by atoms with Crippen molar-refractivity contribution in [3.63, 3.8) is 0 Å². The van der Waals surface area contributed by atoms with E-state index >= 15 is 0 Å². The Morgan fingerprint density at radius 2 is 1.89 bits per heavy atom. The normalized spacial score (nSPS) is 26.7. The van der Waals surface area contributed by atoms with Crippen LogP contribution in [0.25, 0.3) is 0 Å². The van der Waals surface area contributed by atoms with E-state index in [1.165, 1.54) is 24.3 Å². The van der Waals surface area contributed by atoms with Gasteiger partial charge in [0.05, 0.1) is 23.3 Å². The van der Waals surface area contributed by atoms with Gasteiger partial charge in [-0.2, -0.15) is 0 Å². The van der Waals surface area contributed by atoms with Crippen LogP contribution in [0.1, 0.15) is 19.8 Å². The third-order valence-electron chi connectivity index (χ3n) is 3.97. The van der Waals surface area contributed by atoms with Crippen LogP contribution in [0.4, 0.5) is 0 Å². The van der Waals surface area contributed by atoms with Crippen LogP contribution in [0.5, 0.6) is 5.75 Å². The second-order valence-electron chi connectivity index (χ2n) is 6.19. The maximum Gasteiger partial charge on any atom is 0.325 e. The lowest BCUT2D eigenvalue weighted by molar-refractivity contribution is -0.235. The summed E-state index contributed by atoms with van der Waals surface area (Å²) in [6.07, 6.45) is -4.90. The molecule has 27 heavy (non-hydrogen) atoms. The lowest BCUT2D eigenvalue weighted by atomic mass is 10.0. The van der Waals surface area contributed by atoms with E-state index in [4.69, 9.17) is 19.3 Å². The molecule has 0 unspecified atom stereocenters. The van der Waals surface area contributed by atoms with Gasteiger partial charge in [-0.25, -0.2) is 13.1 Å². The van der Waals surface area contributed by atoms with Crippen molar-refractivity contribution in [1.29, 1.82) is 0 Å². The molecule has 1 aromatic carbocycles. The predicted octanol–water partition coefficient (Wildman–Crippen LogP) is -0.232. The minimum Gasteiger partial charge on any atom is -0.462 e. The van der Waals surface area contributed by atoms with Crippen LogP contribution in [-0.4, -0.2) is 65.7 Å². The quantitative estimate of drug-likeness (QED) is 0.354. The fourth-order valence-corrected chi connectivity index (χ4v) is 4.28. The van der Waals surface area contributed by atoms with Crippen molar-refractivity contribution in [3.05, 3.63) is 24.3 Å². The maximum atomic E-state index is 11.9. The fourth-order valence-electron chi connectivity index (χ4n) is 2.62. The highest BCUT2D eigenvalue weighted by atomic mass is 32.2. The van der Waals surface area contributed by atoms with Gasteiger partial charge in [-0.3, -0.25) is 4.57 Å². The summed E-state index contributed by atoms with van der Waals surface area (Å²) in [6.45, 7) is 1.90. The van der Waals surface area contributed by atoms with Crippen molar-refractivity contribution >= 4 is 17.6 Å². The van der Waals surface area contributed by atoms with Crippen molar-refractivity contribution < 1.29 is 42.5 Å². The molecule has 2 rings (SSSR count). The lowest BCUT2D eigenvalue weighted by Gasteiger charge is -2.37. The van der Waals surface area contributed by atoms with Crippen LogP contribution in [0, 0.1) is 0 Å². The van der Waals surface area contributed by atoms with Crippen LogP contribution in [0.15, 0.2) is 29.2 Å². The smallest absolute Gasteiger partial charge is 0.325 e. The van der Waals surface area contributed by atoms with Gasteiger partial charge in [0, 0.05) is 13.0 Å². The number of sulfonamides is 1. The maximum absolute atomic E-state index is 11.9. The zero-order chi connectivity index (χ0) is 20.2. The highest BCUT2D eigenvalue weighted by Crippen LogP contribution is 2.37. The van der Waals surface area contributed by atoms with Crippen LogP contribution in [0.3, 0.4) is 0 Å². The van der Waals surface area contributed by atoms with Gasteiger partial charge in [0.1, 0.15) is 11.9 Å². The number of hydrogen-bond acceptors (Lipinski definition) is 7. The molecule has 1 aliphatic heterocycles. The van der Waals surface area contributed by atoms with Gasteiger partial charge < -0.3 is 29.5 Å². The number of hydrogen-bond donors (Lipinski definition) is 5. The topological polar surface area (TPSA) is 163 Å². The number of nitrogens with one attached hydrogen (secondary N) is 1. The first-order chi connectivity index (χ1) is 12.5. The summed E-state index contributed by atoms with van der Waals surface area (Å²) in [5, 5.41) is 20.0. The molecule has 1 aromatic rings. The molecule has 1 aliphatic rings. The molecule has 154 valence electrons. The van der Waals surface area contributed by atoms with Gasteiger partial charge in [-0.05, 0) is 30.7 Å². The summed E-state index contributed by atoms with van der Waals surface area (Å²) in [5.74, 6) is 0.206. The van der Waals surface area contributed by atoms with E-state index in [-0.39, 0.29) is 30.0 Å². The van der Waals surface area contributed by atoms with Gasteiger partial charge in [0.15, 0.2) is 0 Å².